The van der Waals surface area contributed by atoms with E-state index in [1.165, 1.54) is 16.9 Å². The lowest BCUT2D eigenvalue weighted by Gasteiger charge is -2.19. The van der Waals surface area contributed by atoms with Gasteiger partial charge in [0.15, 0.2) is 5.13 Å². The van der Waals surface area contributed by atoms with E-state index in [4.69, 9.17) is 10.5 Å². The van der Waals surface area contributed by atoms with Crippen LogP contribution in [0.5, 0.6) is 5.75 Å². The number of ether oxygens (including phenoxy) is 1. The number of nitrogens with one attached hydrogen (secondary N) is 1. The van der Waals surface area contributed by atoms with E-state index in [0.717, 1.165) is 23.8 Å². The van der Waals surface area contributed by atoms with E-state index in [-0.39, 0.29) is 0 Å². The first-order chi connectivity index (χ1) is 9.24. The highest BCUT2D eigenvalue weighted by Crippen LogP contribution is 2.35. The Kier molecular flexibility index (Phi) is 3.40. The molecule has 0 fully saturated rings. The summed E-state index contributed by atoms with van der Waals surface area (Å²) < 4.78 is 5.72. The van der Waals surface area contributed by atoms with Crippen molar-refractivity contribution in [1.82, 2.24) is 10.3 Å². The number of thiazole rings is 1. The Hall–Kier alpha value is -1.59. The van der Waals surface area contributed by atoms with Crippen molar-refractivity contribution in [3.05, 3.63) is 40.9 Å². The molecular weight excluding hydrogens is 258 g/mol. The van der Waals surface area contributed by atoms with Crippen LogP contribution in [-0.4, -0.2) is 17.6 Å². The molecule has 4 nitrogen and oxygen atoms in total. The predicted molar refractivity (Wildman–Crippen MR) is 77.5 cm³/mol. The van der Waals surface area contributed by atoms with Crippen LogP contribution >= 0.6 is 11.3 Å². The Morgan fingerprint density at radius 3 is 3.16 bits per heavy atom. The number of nitrogen functional groups attached to an aromatic ring is 1. The monoisotopic (exact) mass is 275 g/mol. The number of rotatable bonds is 4. The molecule has 100 valence electrons. The highest BCUT2D eigenvalue weighted by molar-refractivity contribution is 7.15. The Bertz CT molecular complexity index is 569. The van der Waals surface area contributed by atoms with Gasteiger partial charge in [-0.3, -0.25) is 0 Å². The lowest BCUT2D eigenvalue weighted by atomic mass is 9.94. The molecule has 0 radical (unpaired) electrons. The van der Waals surface area contributed by atoms with Gasteiger partial charge >= 0.3 is 0 Å². The summed E-state index contributed by atoms with van der Waals surface area (Å²) in [4.78, 5) is 5.22. The van der Waals surface area contributed by atoms with Crippen LogP contribution in [0.15, 0.2) is 30.5 Å². The summed E-state index contributed by atoms with van der Waals surface area (Å²) in [6, 6.07) is 8.62. The van der Waals surface area contributed by atoms with E-state index < -0.39 is 0 Å². The van der Waals surface area contributed by atoms with Crippen molar-refractivity contribution in [2.75, 3.05) is 12.3 Å². The van der Waals surface area contributed by atoms with Gasteiger partial charge in [0.25, 0.3) is 0 Å². The van der Waals surface area contributed by atoms with Gasteiger partial charge in [-0.05, 0) is 13.0 Å². The average Bonchev–Trinajstić information content (AvgIpc) is 3.02. The number of fused-ring (bicyclic) bond motifs is 1. The highest BCUT2D eigenvalue weighted by atomic mass is 32.1. The van der Waals surface area contributed by atoms with Crippen molar-refractivity contribution in [2.45, 2.75) is 25.4 Å². The maximum Gasteiger partial charge on any atom is 0.180 e. The molecule has 3 N–H and O–H groups in total. The molecule has 2 aromatic rings. The number of para-hydroxylation sites is 1. The summed E-state index contributed by atoms with van der Waals surface area (Å²) in [6.07, 6.45) is 1.83. The third-order valence-electron chi connectivity index (χ3n) is 3.51. The lowest BCUT2D eigenvalue weighted by Crippen LogP contribution is -2.32. The Morgan fingerprint density at radius 2 is 2.37 bits per heavy atom. The summed E-state index contributed by atoms with van der Waals surface area (Å²) in [7, 11) is 0. The van der Waals surface area contributed by atoms with Crippen LogP contribution in [0.2, 0.25) is 0 Å². The second kappa shape index (κ2) is 5.19. The second-order valence-electron chi connectivity index (χ2n) is 4.79. The third-order valence-corrected chi connectivity index (χ3v) is 4.34. The SMILES string of the molecule is CC(NCc1cnc(N)s1)C1COc2ccccc21. The number of aromatic nitrogens is 1. The zero-order chi connectivity index (χ0) is 13.2. The van der Waals surface area contributed by atoms with E-state index >= 15 is 0 Å². The Balaban J connectivity index is 1.64. The molecule has 1 aromatic carbocycles. The van der Waals surface area contributed by atoms with E-state index in [9.17, 15) is 0 Å². The van der Waals surface area contributed by atoms with Crippen molar-refractivity contribution >= 4 is 16.5 Å². The van der Waals surface area contributed by atoms with Gasteiger partial charge in [-0.15, -0.1) is 11.3 Å². The third kappa shape index (κ3) is 2.57. The Labute approximate surface area is 116 Å². The minimum Gasteiger partial charge on any atom is -0.493 e. The molecule has 19 heavy (non-hydrogen) atoms. The molecule has 1 aromatic heterocycles. The number of nitrogens with zero attached hydrogens (tertiary/aromatic N) is 1. The zero-order valence-electron chi connectivity index (χ0n) is 10.8. The second-order valence-corrected chi connectivity index (χ2v) is 5.94. The lowest BCUT2D eigenvalue weighted by molar-refractivity contribution is 0.304. The molecule has 1 aliphatic heterocycles. The largest absolute Gasteiger partial charge is 0.493 e. The van der Waals surface area contributed by atoms with Crippen LogP contribution in [-0.2, 0) is 6.54 Å². The number of hydrogen-bond donors (Lipinski definition) is 2. The summed E-state index contributed by atoms with van der Waals surface area (Å²) >= 11 is 1.53. The molecule has 0 aliphatic carbocycles. The van der Waals surface area contributed by atoms with Crippen molar-refractivity contribution in [1.29, 1.82) is 0 Å². The standard InChI is InChI=1S/C14H17N3OS/c1-9(16-6-10-7-17-14(15)19-10)12-8-18-13-5-3-2-4-11(12)13/h2-5,7,9,12,16H,6,8H2,1H3,(H2,15,17). The molecule has 0 bridgehead atoms. The molecule has 0 saturated carbocycles. The number of benzene rings is 1. The fourth-order valence-electron chi connectivity index (χ4n) is 2.41. The summed E-state index contributed by atoms with van der Waals surface area (Å²) in [5.74, 6) is 1.42. The van der Waals surface area contributed by atoms with Gasteiger partial charge < -0.3 is 15.8 Å². The zero-order valence-corrected chi connectivity index (χ0v) is 11.6. The van der Waals surface area contributed by atoms with Crippen molar-refractivity contribution in [3.63, 3.8) is 0 Å². The summed E-state index contributed by atoms with van der Waals surface area (Å²) in [5, 5.41) is 4.15. The first-order valence-electron chi connectivity index (χ1n) is 6.39. The molecule has 1 aliphatic rings. The van der Waals surface area contributed by atoms with Crippen molar-refractivity contribution < 1.29 is 4.74 Å². The first-order valence-corrected chi connectivity index (χ1v) is 7.21. The minimum atomic E-state index is 0.354. The molecule has 2 heterocycles. The van der Waals surface area contributed by atoms with Crippen LogP contribution < -0.4 is 15.8 Å². The van der Waals surface area contributed by atoms with Gasteiger partial charge in [-0.2, -0.15) is 0 Å². The highest BCUT2D eigenvalue weighted by Gasteiger charge is 2.28. The van der Waals surface area contributed by atoms with Crippen LogP contribution in [0.25, 0.3) is 0 Å². The van der Waals surface area contributed by atoms with Gasteiger partial charge in [0.2, 0.25) is 0 Å². The van der Waals surface area contributed by atoms with Gasteiger partial charge in [0.1, 0.15) is 5.75 Å². The maximum atomic E-state index is 5.72. The molecule has 0 amide bonds. The topological polar surface area (TPSA) is 60.2 Å². The van der Waals surface area contributed by atoms with Crippen LogP contribution in [0.1, 0.15) is 23.3 Å². The van der Waals surface area contributed by atoms with Gasteiger partial charge in [-0.25, -0.2) is 4.98 Å². The molecule has 0 spiro atoms. The fraction of sp³-hybridized carbons (Fsp3) is 0.357. The molecule has 3 rings (SSSR count). The van der Waals surface area contributed by atoms with E-state index in [1.807, 2.05) is 18.3 Å². The quantitative estimate of drug-likeness (QED) is 0.899. The van der Waals surface area contributed by atoms with E-state index in [2.05, 4.69) is 29.4 Å². The van der Waals surface area contributed by atoms with Gasteiger partial charge in [-0.1, -0.05) is 18.2 Å². The average molecular weight is 275 g/mol. The summed E-state index contributed by atoms with van der Waals surface area (Å²) in [6.45, 7) is 3.74. The molecule has 2 unspecified atom stereocenters. The minimum absolute atomic E-state index is 0.354. The van der Waals surface area contributed by atoms with Gasteiger partial charge in [0, 0.05) is 35.1 Å². The normalized spacial score (nSPS) is 18.9. The Morgan fingerprint density at radius 1 is 1.53 bits per heavy atom. The summed E-state index contributed by atoms with van der Waals surface area (Å²) in [5.41, 5.74) is 6.93. The smallest absolute Gasteiger partial charge is 0.180 e. The molecule has 0 saturated heterocycles. The molecule has 2 atom stereocenters. The van der Waals surface area contributed by atoms with Crippen molar-refractivity contribution in [2.24, 2.45) is 0 Å². The van der Waals surface area contributed by atoms with Crippen LogP contribution in [0.4, 0.5) is 5.13 Å². The fourth-order valence-corrected chi connectivity index (χ4v) is 3.04. The van der Waals surface area contributed by atoms with Crippen LogP contribution in [0.3, 0.4) is 0 Å². The van der Waals surface area contributed by atoms with Crippen molar-refractivity contribution in [3.8, 4) is 5.75 Å². The maximum absolute atomic E-state index is 5.72. The van der Waals surface area contributed by atoms with E-state index in [0.29, 0.717) is 17.1 Å². The van der Waals surface area contributed by atoms with E-state index in [1.54, 1.807) is 0 Å². The molecular formula is C14H17N3OS. The number of nitrogens with two attached hydrogens (primary N) is 1. The molecule has 5 heteroatoms. The predicted octanol–water partition coefficient (Wildman–Crippen LogP) is 2.38. The van der Waals surface area contributed by atoms with Gasteiger partial charge in [0.05, 0.1) is 6.61 Å². The van der Waals surface area contributed by atoms with Crippen LogP contribution in [0, 0.1) is 0 Å². The number of anilines is 1. The first kappa shape index (κ1) is 12.4. The number of hydrogen-bond acceptors (Lipinski definition) is 5.